The van der Waals surface area contributed by atoms with Crippen LogP contribution in [0.4, 0.5) is 0 Å². The van der Waals surface area contributed by atoms with Gasteiger partial charge in [-0.15, -0.1) is 0 Å². The predicted molar refractivity (Wildman–Crippen MR) is 52.8 cm³/mol. The second-order valence-corrected chi connectivity index (χ2v) is 2.79. The van der Waals surface area contributed by atoms with Gasteiger partial charge in [0.1, 0.15) is 0 Å². The molecular formula is C9H20N2O2. The van der Waals surface area contributed by atoms with E-state index in [0.29, 0.717) is 12.8 Å². The molecule has 13 heavy (non-hydrogen) atoms. The molecule has 0 aliphatic heterocycles. The summed E-state index contributed by atoms with van der Waals surface area (Å²) in [5, 5.41) is 0. The first kappa shape index (κ1) is 14.5. The number of primary amides is 2. The van der Waals surface area contributed by atoms with Crippen LogP contribution in [0.2, 0.25) is 0 Å². The van der Waals surface area contributed by atoms with Crippen LogP contribution in [0.3, 0.4) is 0 Å². The van der Waals surface area contributed by atoms with Gasteiger partial charge in [-0.25, -0.2) is 0 Å². The molecule has 0 aromatic heterocycles. The van der Waals surface area contributed by atoms with Crippen LogP contribution >= 0.6 is 0 Å². The Bertz CT molecular complexity index is 147. The minimum absolute atomic E-state index is 0.193. The third-order valence-electron chi connectivity index (χ3n) is 1.27. The monoisotopic (exact) mass is 188 g/mol. The maximum Gasteiger partial charge on any atom is 0.217 e. The van der Waals surface area contributed by atoms with E-state index in [-0.39, 0.29) is 11.8 Å². The van der Waals surface area contributed by atoms with Crippen molar-refractivity contribution in [2.45, 2.75) is 46.0 Å². The standard InChI is InChI=1S/C5H11NO.C4H9NO/c1-2-3-4-5(6)7;1-2-3-4(5)6/h2-4H2,1H3,(H2,6,7);2-3H2,1H3,(H2,5,6). The molecule has 4 N–H and O–H groups in total. The molecule has 0 bridgehead atoms. The highest BCUT2D eigenvalue weighted by Crippen LogP contribution is 1.89. The molecule has 0 rings (SSSR count). The van der Waals surface area contributed by atoms with Crippen molar-refractivity contribution in [2.24, 2.45) is 11.5 Å². The van der Waals surface area contributed by atoms with E-state index in [1.54, 1.807) is 0 Å². The zero-order chi connectivity index (χ0) is 10.7. The summed E-state index contributed by atoms with van der Waals surface area (Å²) in [4.78, 5) is 19.8. The van der Waals surface area contributed by atoms with Gasteiger partial charge in [0, 0.05) is 12.8 Å². The minimum Gasteiger partial charge on any atom is -0.370 e. The lowest BCUT2D eigenvalue weighted by Crippen LogP contribution is -2.09. The molecule has 0 saturated carbocycles. The highest BCUT2D eigenvalue weighted by Gasteiger charge is 1.88. The molecule has 0 atom stereocenters. The number of carbonyl (C=O) groups excluding carboxylic acids is 2. The molecule has 0 spiro atoms. The molecule has 0 aliphatic carbocycles. The SMILES string of the molecule is CCCC(N)=O.CCCCC(N)=O. The van der Waals surface area contributed by atoms with E-state index in [9.17, 15) is 9.59 Å². The van der Waals surface area contributed by atoms with E-state index >= 15 is 0 Å². The van der Waals surface area contributed by atoms with Gasteiger partial charge in [-0.05, 0) is 12.8 Å². The Morgan fingerprint density at radius 3 is 1.46 bits per heavy atom. The van der Waals surface area contributed by atoms with E-state index in [4.69, 9.17) is 11.5 Å². The van der Waals surface area contributed by atoms with Gasteiger partial charge in [-0.2, -0.15) is 0 Å². The molecule has 4 heteroatoms. The average Bonchev–Trinajstić information content (AvgIpc) is 2.01. The summed E-state index contributed by atoms with van der Waals surface area (Å²) < 4.78 is 0. The molecule has 0 aliphatic rings. The molecule has 0 radical (unpaired) electrons. The second kappa shape index (κ2) is 10.9. The molecule has 4 nitrogen and oxygen atoms in total. The van der Waals surface area contributed by atoms with E-state index in [1.165, 1.54) is 0 Å². The average molecular weight is 188 g/mol. The van der Waals surface area contributed by atoms with Gasteiger partial charge < -0.3 is 11.5 Å². The van der Waals surface area contributed by atoms with Crippen molar-refractivity contribution in [3.63, 3.8) is 0 Å². The second-order valence-electron chi connectivity index (χ2n) is 2.79. The van der Waals surface area contributed by atoms with Crippen LogP contribution in [-0.2, 0) is 9.59 Å². The lowest BCUT2D eigenvalue weighted by molar-refractivity contribution is -0.118. The Hall–Kier alpha value is -1.06. The van der Waals surface area contributed by atoms with Gasteiger partial charge in [-0.1, -0.05) is 20.3 Å². The van der Waals surface area contributed by atoms with Crippen LogP contribution in [0.1, 0.15) is 46.0 Å². The van der Waals surface area contributed by atoms with Crippen molar-refractivity contribution < 1.29 is 9.59 Å². The molecule has 0 saturated heterocycles. The Labute approximate surface area is 79.7 Å². The number of unbranched alkanes of at least 4 members (excludes halogenated alkanes) is 1. The Morgan fingerprint density at radius 2 is 1.38 bits per heavy atom. The molecule has 2 amide bonds. The number of hydrogen-bond acceptors (Lipinski definition) is 2. The van der Waals surface area contributed by atoms with Crippen molar-refractivity contribution in [3.05, 3.63) is 0 Å². The van der Waals surface area contributed by atoms with Crippen LogP contribution in [0, 0.1) is 0 Å². The molecule has 0 fully saturated rings. The highest BCUT2D eigenvalue weighted by atomic mass is 16.1. The van der Waals surface area contributed by atoms with Gasteiger partial charge >= 0.3 is 0 Å². The summed E-state index contributed by atoms with van der Waals surface area (Å²) in [7, 11) is 0. The quantitative estimate of drug-likeness (QED) is 0.672. The molecular weight excluding hydrogens is 168 g/mol. The van der Waals surface area contributed by atoms with Crippen molar-refractivity contribution >= 4 is 11.8 Å². The maximum absolute atomic E-state index is 9.98. The first-order valence-corrected chi connectivity index (χ1v) is 4.61. The predicted octanol–water partition coefficient (Wildman–Crippen LogP) is 0.934. The normalized spacial score (nSPS) is 8.46. The summed E-state index contributed by atoms with van der Waals surface area (Å²) in [6.45, 7) is 3.95. The van der Waals surface area contributed by atoms with Crippen molar-refractivity contribution in [3.8, 4) is 0 Å². The molecule has 0 heterocycles. The summed E-state index contributed by atoms with van der Waals surface area (Å²) >= 11 is 0. The Balaban J connectivity index is 0. The van der Waals surface area contributed by atoms with Gasteiger partial charge in [0.25, 0.3) is 0 Å². The zero-order valence-corrected chi connectivity index (χ0v) is 8.51. The van der Waals surface area contributed by atoms with Gasteiger partial charge in [-0.3, -0.25) is 9.59 Å². The van der Waals surface area contributed by atoms with Gasteiger partial charge in [0.05, 0.1) is 0 Å². The number of rotatable bonds is 5. The first-order valence-electron chi connectivity index (χ1n) is 4.61. The molecule has 0 aromatic rings. The molecule has 0 aromatic carbocycles. The summed E-state index contributed by atoms with van der Waals surface area (Å²) in [6, 6.07) is 0. The van der Waals surface area contributed by atoms with E-state index < -0.39 is 0 Å². The van der Waals surface area contributed by atoms with Crippen molar-refractivity contribution in [1.82, 2.24) is 0 Å². The van der Waals surface area contributed by atoms with Crippen molar-refractivity contribution in [1.29, 1.82) is 0 Å². The minimum atomic E-state index is -0.211. The first-order chi connectivity index (χ1) is 6.04. The van der Waals surface area contributed by atoms with Crippen LogP contribution in [0.25, 0.3) is 0 Å². The van der Waals surface area contributed by atoms with Crippen molar-refractivity contribution in [2.75, 3.05) is 0 Å². The van der Waals surface area contributed by atoms with Crippen LogP contribution < -0.4 is 11.5 Å². The van der Waals surface area contributed by atoms with Crippen LogP contribution in [-0.4, -0.2) is 11.8 Å². The maximum atomic E-state index is 9.98. The third-order valence-corrected chi connectivity index (χ3v) is 1.27. The smallest absolute Gasteiger partial charge is 0.217 e. The van der Waals surface area contributed by atoms with Crippen LogP contribution in [0.15, 0.2) is 0 Å². The largest absolute Gasteiger partial charge is 0.370 e. The van der Waals surface area contributed by atoms with E-state index in [2.05, 4.69) is 0 Å². The van der Waals surface area contributed by atoms with Gasteiger partial charge in [0.15, 0.2) is 0 Å². The number of hydrogen-bond donors (Lipinski definition) is 2. The summed E-state index contributed by atoms with van der Waals surface area (Å²) in [6.07, 6.45) is 3.88. The summed E-state index contributed by atoms with van der Waals surface area (Å²) in [5.74, 6) is -0.403. The fraction of sp³-hybridized carbons (Fsp3) is 0.778. The van der Waals surface area contributed by atoms with E-state index in [1.807, 2.05) is 13.8 Å². The Kier molecular flexibility index (Phi) is 12.2. The fourth-order valence-corrected chi connectivity index (χ4v) is 0.597. The molecule has 0 unspecified atom stereocenters. The Morgan fingerprint density at radius 1 is 0.923 bits per heavy atom. The zero-order valence-electron chi connectivity index (χ0n) is 8.51. The topological polar surface area (TPSA) is 86.2 Å². The highest BCUT2D eigenvalue weighted by molar-refractivity contribution is 5.73. The number of carbonyl (C=O) groups is 2. The number of amides is 2. The fourth-order valence-electron chi connectivity index (χ4n) is 0.597. The third kappa shape index (κ3) is 24.8. The summed E-state index contributed by atoms with van der Waals surface area (Å²) in [5.41, 5.74) is 9.60. The lowest BCUT2D eigenvalue weighted by atomic mass is 10.2. The van der Waals surface area contributed by atoms with Crippen LogP contribution in [0.5, 0.6) is 0 Å². The molecule has 78 valence electrons. The number of nitrogens with two attached hydrogens (primary N) is 2. The lowest BCUT2D eigenvalue weighted by Gasteiger charge is -1.86. The van der Waals surface area contributed by atoms with E-state index in [0.717, 1.165) is 19.3 Å². The van der Waals surface area contributed by atoms with Gasteiger partial charge in [0.2, 0.25) is 11.8 Å².